The number of ketones is 1. The predicted molar refractivity (Wildman–Crippen MR) is 59.6 cm³/mol. The molecule has 0 aromatic rings. The lowest BCUT2D eigenvalue weighted by atomic mass is 9.88. The molecule has 0 spiro atoms. The molecule has 2 heteroatoms. The highest BCUT2D eigenvalue weighted by Gasteiger charge is 2.40. The summed E-state index contributed by atoms with van der Waals surface area (Å²) in [5.41, 5.74) is 0. The molecule has 1 saturated heterocycles. The van der Waals surface area contributed by atoms with E-state index in [0.717, 1.165) is 37.1 Å². The zero-order valence-corrected chi connectivity index (χ0v) is 9.45. The van der Waals surface area contributed by atoms with Crippen LogP contribution in [0.1, 0.15) is 38.5 Å². The Balaban J connectivity index is 1.54. The number of piperidine rings is 1. The summed E-state index contributed by atoms with van der Waals surface area (Å²) in [6.45, 7) is 3.13. The number of carbonyl (C=O) groups is 1. The molecule has 84 valence electrons. The third-order valence-corrected chi connectivity index (χ3v) is 4.71. The van der Waals surface area contributed by atoms with E-state index in [0.29, 0.717) is 5.78 Å². The first kappa shape index (κ1) is 9.83. The summed E-state index contributed by atoms with van der Waals surface area (Å²) in [6.07, 6.45) is 7.83. The number of hydrogen-bond acceptors (Lipinski definition) is 2. The average Bonchev–Trinajstić information content (AvgIpc) is 2.79. The van der Waals surface area contributed by atoms with E-state index in [9.17, 15) is 4.79 Å². The van der Waals surface area contributed by atoms with Crippen molar-refractivity contribution >= 4 is 5.78 Å². The maximum Gasteiger partial charge on any atom is 0.146 e. The third-order valence-electron chi connectivity index (χ3n) is 4.71. The fraction of sp³-hybridized carbons (Fsp3) is 0.923. The molecule has 2 aliphatic carbocycles. The molecule has 0 amide bonds. The number of nitrogens with zero attached hydrogens (tertiary/aromatic N) is 1. The van der Waals surface area contributed by atoms with Crippen LogP contribution in [0.25, 0.3) is 0 Å². The van der Waals surface area contributed by atoms with E-state index in [4.69, 9.17) is 0 Å². The Kier molecular flexibility index (Phi) is 2.55. The van der Waals surface area contributed by atoms with E-state index in [1.807, 2.05) is 0 Å². The van der Waals surface area contributed by atoms with Gasteiger partial charge in [-0.3, -0.25) is 9.69 Å². The number of hydrogen-bond donors (Lipinski definition) is 0. The van der Waals surface area contributed by atoms with Crippen molar-refractivity contribution in [3.63, 3.8) is 0 Å². The number of rotatable bonds is 2. The monoisotopic (exact) mass is 207 g/mol. The first-order chi connectivity index (χ1) is 7.31. The maximum atomic E-state index is 11.4. The average molecular weight is 207 g/mol. The van der Waals surface area contributed by atoms with Crippen LogP contribution in [-0.2, 0) is 4.79 Å². The summed E-state index contributed by atoms with van der Waals surface area (Å²) in [5.74, 6) is 3.44. The molecule has 0 aromatic heterocycles. The van der Waals surface area contributed by atoms with Gasteiger partial charge in [0.2, 0.25) is 0 Å². The molecule has 3 aliphatic rings. The van der Waals surface area contributed by atoms with Gasteiger partial charge in [-0.25, -0.2) is 0 Å². The lowest BCUT2D eigenvalue weighted by molar-refractivity contribution is -0.122. The molecular formula is C13H21NO. The fourth-order valence-electron chi connectivity index (χ4n) is 3.99. The van der Waals surface area contributed by atoms with Gasteiger partial charge in [0, 0.05) is 13.0 Å². The van der Waals surface area contributed by atoms with Crippen LogP contribution in [-0.4, -0.2) is 30.3 Å². The molecule has 3 rings (SSSR count). The second kappa shape index (κ2) is 3.89. The summed E-state index contributed by atoms with van der Waals surface area (Å²) in [6, 6.07) is 0. The van der Waals surface area contributed by atoms with Crippen LogP contribution in [0.5, 0.6) is 0 Å². The molecule has 3 atom stereocenters. The molecule has 0 radical (unpaired) electrons. The minimum absolute atomic E-state index is 0.462. The number of likely N-dealkylation sites (tertiary alicyclic amines) is 1. The van der Waals surface area contributed by atoms with Gasteiger partial charge in [0.1, 0.15) is 5.78 Å². The van der Waals surface area contributed by atoms with Gasteiger partial charge in [-0.05, 0) is 50.0 Å². The number of Topliss-reactive ketones (excluding diaryl/α,β-unsaturated/α-hetero) is 1. The molecule has 0 N–H and O–H groups in total. The first-order valence-electron chi connectivity index (χ1n) is 6.55. The molecule has 1 aliphatic heterocycles. The Morgan fingerprint density at radius 2 is 2.20 bits per heavy atom. The van der Waals surface area contributed by atoms with Crippen molar-refractivity contribution in [2.24, 2.45) is 17.8 Å². The lowest BCUT2D eigenvalue weighted by Crippen LogP contribution is -2.39. The maximum absolute atomic E-state index is 11.4. The van der Waals surface area contributed by atoms with Gasteiger partial charge in [-0.2, -0.15) is 0 Å². The predicted octanol–water partition coefficient (Wildman–Crippen LogP) is 2.09. The van der Waals surface area contributed by atoms with E-state index in [1.165, 1.54) is 38.8 Å². The molecule has 1 heterocycles. The fourth-order valence-corrected chi connectivity index (χ4v) is 3.99. The Labute approximate surface area is 92.0 Å². The van der Waals surface area contributed by atoms with Crippen LogP contribution in [0.3, 0.4) is 0 Å². The Morgan fingerprint density at radius 3 is 2.87 bits per heavy atom. The van der Waals surface area contributed by atoms with E-state index in [-0.39, 0.29) is 0 Å². The summed E-state index contributed by atoms with van der Waals surface area (Å²) < 4.78 is 0. The second-order valence-corrected chi connectivity index (χ2v) is 5.81. The molecule has 3 unspecified atom stereocenters. The van der Waals surface area contributed by atoms with Gasteiger partial charge in [-0.15, -0.1) is 0 Å². The van der Waals surface area contributed by atoms with Gasteiger partial charge in [0.05, 0.1) is 6.54 Å². The molecular weight excluding hydrogens is 186 g/mol. The zero-order chi connectivity index (χ0) is 10.3. The quantitative estimate of drug-likeness (QED) is 0.691. The summed E-state index contributed by atoms with van der Waals surface area (Å²) in [7, 11) is 0. The van der Waals surface area contributed by atoms with Gasteiger partial charge < -0.3 is 0 Å². The van der Waals surface area contributed by atoms with Crippen molar-refractivity contribution in [1.29, 1.82) is 0 Å². The van der Waals surface area contributed by atoms with Crippen LogP contribution in [0, 0.1) is 17.8 Å². The van der Waals surface area contributed by atoms with Crippen LogP contribution in [0.4, 0.5) is 0 Å². The molecule has 0 aromatic carbocycles. The summed E-state index contributed by atoms with van der Waals surface area (Å²) in [4.78, 5) is 13.8. The Hall–Kier alpha value is -0.370. The van der Waals surface area contributed by atoms with Gasteiger partial charge in [0.25, 0.3) is 0 Å². The minimum atomic E-state index is 0.462. The molecule has 2 saturated carbocycles. The topological polar surface area (TPSA) is 20.3 Å². The van der Waals surface area contributed by atoms with Gasteiger partial charge in [-0.1, -0.05) is 6.42 Å². The third kappa shape index (κ3) is 1.96. The van der Waals surface area contributed by atoms with E-state index < -0.39 is 0 Å². The molecule has 2 nitrogen and oxygen atoms in total. The van der Waals surface area contributed by atoms with Crippen molar-refractivity contribution in [3.8, 4) is 0 Å². The number of carbonyl (C=O) groups excluding carboxylic acids is 1. The SMILES string of the molecule is O=C1CCCN(CC2CC3CCC2C3)C1. The highest BCUT2D eigenvalue weighted by molar-refractivity contribution is 5.81. The van der Waals surface area contributed by atoms with E-state index >= 15 is 0 Å². The smallest absolute Gasteiger partial charge is 0.146 e. The summed E-state index contributed by atoms with van der Waals surface area (Å²) in [5, 5.41) is 0. The standard InChI is InChI=1S/C13H21NO/c15-13-2-1-5-14(9-13)8-12-7-10-3-4-11(12)6-10/h10-12H,1-9H2. The normalized spacial score (nSPS) is 41.3. The van der Waals surface area contributed by atoms with Crippen molar-refractivity contribution in [2.75, 3.05) is 19.6 Å². The number of fused-ring (bicyclic) bond motifs is 2. The molecule has 15 heavy (non-hydrogen) atoms. The van der Waals surface area contributed by atoms with Gasteiger partial charge >= 0.3 is 0 Å². The second-order valence-electron chi connectivity index (χ2n) is 5.81. The first-order valence-corrected chi connectivity index (χ1v) is 6.55. The van der Waals surface area contributed by atoms with E-state index in [2.05, 4.69) is 4.90 Å². The zero-order valence-electron chi connectivity index (χ0n) is 9.45. The van der Waals surface area contributed by atoms with Crippen molar-refractivity contribution in [3.05, 3.63) is 0 Å². The van der Waals surface area contributed by atoms with Gasteiger partial charge in [0.15, 0.2) is 0 Å². The van der Waals surface area contributed by atoms with Crippen molar-refractivity contribution in [2.45, 2.75) is 38.5 Å². The highest BCUT2D eigenvalue weighted by atomic mass is 16.1. The van der Waals surface area contributed by atoms with Crippen LogP contribution in [0.2, 0.25) is 0 Å². The Bertz CT molecular complexity index is 263. The molecule has 3 fully saturated rings. The Morgan fingerprint density at radius 1 is 1.27 bits per heavy atom. The highest BCUT2D eigenvalue weighted by Crippen LogP contribution is 2.48. The molecule has 2 bridgehead atoms. The summed E-state index contributed by atoms with van der Waals surface area (Å²) >= 11 is 0. The van der Waals surface area contributed by atoms with Crippen molar-refractivity contribution in [1.82, 2.24) is 4.90 Å². The lowest BCUT2D eigenvalue weighted by Gasteiger charge is -2.31. The van der Waals surface area contributed by atoms with E-state index in [1.54, 1.807) is 0 Å². The minimum Gasteiger partial charge on any atom is -0.298 e. The largest absolute Gasteiger partial charge is 0.298 e. The van der Waals surface area contributed by atoms with Crippen LogP contribution < -0.4 is 0 Å². The van der Waals surface area contributed by atoms with Crippen molar-refractivity contribution < 1.29 is 4.79 Å². The van der Waals surface area contributed by atoms with Crippen LogP contribution >= 0.6 is 0 Å². The van der Waals surface area contributed by atoms with Crippen LogP contribution in [0.15, 0.2) is 0 Å².